The molecule has 0 aliphatic carbocycles. The molecule has 0 unspecified atom stereocenters. The highest BCUT2D eigenvalue weighted by molar-refractivity contribution is 5.95. The molecule has 3 rings (SSSR count). The number of benzene rings is 1. The van der Waals surface area contributed by atoms with E-state index >= 15 is 0 Å². The van der Waals surface area contributed by atoms with Gasteiger partial charge in [0.1, 0.15) is 17.3 Å². The summed E-state index contributed by atoms with van der Waals surface area (Å²) in [6.07, 6.45) is -3.57. The van der Waals surface area contributed by atoms with Crippen LogP contribution in [-0.4, -0.2) is 82.3 Å². The highest BCUT2D eigenvalue weighted by Gasteiger charge is 2.28. The molecule has 0 aliphatic heterocycles. The third kappa shape index (κ3) is 8.91. The lowest BCUT2D eigenvalue weighted by Crippen LogP contribution is -2.37. The number of ether oxygens (including phenoxy) is 1. The molecule has 0 fully saturated rings. The van der Waals surface area contributed by atoms with Crippen LogP contribution in [0.25, 0.3) is 11.0 Å². The molecule has 1 aromatic carbocycles. The maximum absolute atomic E-state index is 14.3. The maximum atomic E-state index is 14.3. The first-order chi connectivity index (χ1) is 20.6. The number of halogens is 4. The number of alkyl halides is 3. The van der Waals surface area contributed by atoms with Gasteiger partial charge in [-0.25, -0.2) is 14.2 Å². The highest BCUT2D eigenvalue weighted by atomic mass is 19.4. The molecule has 1 atom stereocenters. The first-order valence-electron chi connectivity index (χ1n) is 13.5. The number of nitrogens with zero attached hydrogens (tertiary/aromatic N) is 5. The van der Waals surface area contributed by atoms with Crippen molar-refractivity contribution in [2.75, 3.05) is 33.5 Å². The molecule has 2 aromatic heterocycles. The molecule has 0 bridgehead atoms. The van der Waals surface area contributed by atoms with Crippen molar-refractivity contribution in [3.8, 4) is 0 Å². The van der Waals surface area contributed by atoms with Gasteiger partial charge in [0.05, 0.1) is 17.6 Å². The SMILES string of the molecule is CN(C)C(=O)/C=C/CC[C@H](OC(=O)N(C)C)C(=O)Nc1cccn(Cc2nc3c(CCC(F)(F)F)cc(F)cc3n2C)c1=O. The lowest BCUT2D eigenvalue weighted by atomic mass is 10.1. The van der Waals surface area contributed by atoms with Crippen molar-refractivity contribution in [1.82, 2.24) is 23.9 Å². The number of rotatable bonds is 11. The number of imidazole rings is 1. The summed E-state index contributed by atoms with van der Waals surface area (Å²) in [6.45, 7) is -0.141. The number of hydrogen-bond donors (Lipinski definition) is 1. The van der Waals surface area contributed by atoms with Crippen LogP contribution in [0, 0.1) is 5.82 Å². The Bertz CT molecular complexity index is 1610. The van der Waals surface area contributed by atoms with E-state index in [0.29, 0.717) is 0 Å². The Balaban J connectivity index is 1.83. The van der Waals surface area contributed by atoms with Gasteiger partial charge in [-0.1, -0.05) is 6.08 Å². The van der Waals surface area contributed by atoms with Crippen molar-refractivity contribution in [3.05, 3.63) is 70.2 Å². The Morgan fingerprint density at radius 3 is 2.48 bits per heavy atom. The van der Waals surface area contributed by atoms with Crippen molar-refractivity contribution in [3.63, 3.8) is 0 Å². The normalized spacial score (nSPS) is 12.4. The number of anilines is 1. The standard InChI is InChI=1S/C29H34F4N6O5/c1-36(2)24(40)11-7-6-10-22(44-28(43)37(3)4)26(41)34-20-9-8-14-39(27(20)42)17-23-35-25-18(12-13-29(31,32)33)15-19(30)16-21(25)38(23)5/h7-9,11,14-16,22H,6,10,12-13,17H2,1-5H3,(H,34,41)/b11-7+/t22-/m0/s1. The summed E-state index contributed by atoms with van der Waals surface area (Å²) in [6, 6.07) is 5.02. The number of hydrogen-bond acceptors (Lipinski definition) is 6. The van der Waals surface area contributed by atoms with Crippen LogP contribution in [0.1, 0.15) is 30.7 Å². The number of likely N-dealkylation sites (N-methyl/N-ethyl adjacent to an activating group) is 1. The second-order valence-corrected chi connectivity index (χ2v) is 10.5. The Hall–Kier alpha value is -4.69. The van der Waals surface area contributed by atoms with Gasteiger partial charge >= 0.3 is 12.3 Å². The highest BCUT2D eigenvalue weighted by Crippen LogP contribution is 2.27. The molecule has 0 radical (unpaired) electrons. The number of carbonyl (C=O) groups excluding carboxylic acids is 3. The predicted octanol–water partition coefficient (Wildman–Crippen LogP) is 3.85. The summed E-state index contributed by atoms with van der Waals surface area (Å²) in [4.78, 5) is 57.3. The Morgan fingerprint density at radius 1 is 1.14 bits per heavy atom. The van der Waals surface area contributed by atoms with Crippen molar-refractivity contribution in [2.45, 2.75) is 44.5 Å². The molecule has 238 valence electrons. The maximum Gasteiger partial charge on any atom is 0.410 e. The summed E-state index contributed by atoms with van der Waals surface area (Å²) in [5, 5.41) is 2.49. The average molecular weight is 623 g/mol. The van der Waals surface area contributed by atoms with Gasteiger partial charge in [-0.3, -0.25) is 14.4 Å². The van der Waals surface area contributed by atoms with Crippen LogP contribution in [0.15, 0.2) is 47.4 Å². The number of carbonyl (C=O) groups is 3. The van der Waals surface area contributed by atoms with Gasteiger partial charge in [-0.05, 0) is 55.2 Å². The van der Waals surface area contributed by atoms with Gasteiger partial charge in [-0.15, -0.1) is 0 Å². The van der Waals surface area contributed by atoms with Crippen molar-refractivity contribution >= 4 is 34.6 Å². The second kappa shape index (κ2) is 14.2. The summed E-state index contributed by atoms with van der Waals surface area (Å²) in [5.41, 5.74) is -0.214. The van der Waals surface area contributed by atoms with Crippen molar-refractivity contribution in [2.24, 2.45) is 7.05 Å². The number of allylic oxidation sites excluding steroid dienone is 1. The molecule has 0 spiro atoms. The molecule has 15 heteroatoms. The van der Waals surface area contributed by atoms with E-state index < -0.39 is 48.5 Å². The first-order valence-corrected chi connectivity index (χ1v) is 13.5. The molecular weight excluding hydrogens is 588 g/mol. The number of nitrogens with one attached hydrogen (secondary N) is 1. The molecule has 3 aromatic rings. The van der Waals surface area contributed by atoms with Crippen LogP contribution < -0.4 is 10.9 Å². The lowest BCUT2D eigenvalue weighted by molar-refractivity contribution is -0.134. The van der Waals surface area contributed by atoms with Gasteiger partial charge in [0.15, 0.2) is 6.10 Å². The Morgan fingerprint density at radius 2 is 1.84 bits per heavy atom. The molecule has 3 amide bonds. The lowest BCUT2D eigenvalue weighted by Gasteiger charge is -2.19. The number of aromatic nitrogens is 3. The van der Waals surface area contributed by atoms with Gasteiger partial charge in [0.2, 0.25) is 5.91 Å². The summed E-state index contributed by atoms with van der Waals surface area (Å²) >= 11 is 0. The number of aryl methyl sites for hydroxylation is 2. The van der Waals surface area contributed by atoms with Crippen LogP contribution >= 0.6 is 0 Å². The van der Waals surface area contributed by atoms with Crippen LogP contribution in [0.5, 0.6) is 0 Å². The summed E-state index contributed by atoms with van der Waals surface area (Å²) in [5.74, 6) is -1.48. The van der Waals surface area contributed by atoms with Crippen molar-refractivity contribution in [1.29, 1.82) is 0 Å². The molecule has 0 saturated heterocycles. The topological polar surface area (TPSA) is 119 Å². The van der Waals surface area contributed by atoms with Crippen LogP contribution in [0.3, 0.4) is 0 Å². The van der Waals surface area contributed by atoms with E-state index in [9.17, 15) is 36.7 Å². The zero-order valence-corrected chi connectivity index (χ0v) is 24.9. The quantitative estimate of drug-likeness (QED) is 0.257. The smallest absolute Gasteiger partial charge is 0.410 e. The van der Waals surface area contributed by atoms with Crippen LogP contribution in [0.4, 0.5) is 28.0 Å². The number of fused-ring (bicyclic) bond motifs is 1. The van der Waals surface area contributed by atoms with E-state index in [4.69, 9.17) is 4.74 Å². The van der Waals surface area contributed by atoms with Gasteiger partial charge in [0.25, 0.3) is 11.5 Å². The molecule has 0 aliphatic rings. The molecule has 44 heavy (non-hydrogen) atoms. The summed E-state index contributed by atoms with van der Waals surface area (Å²) < 4.78 is 60.8. The average Bonchev–Trinajstić information content (AvgIpc) is 3.24. The first kappa shape index (κ1) is 33.8. The van der Waals surface area contributed by atoms with Gasteiger partial charge in [-0.2, -0.15) is 13.2 Å². The molecular formula is C29H34F4N6O5. The Kier molecular flexibility index (Phi) is 10.9. The fraction of sp³-hybridized carbons (Fsp3) is 0.414. The largest absolute Gasteiger partial charge is 0.436 e. The third-order valence-electron chi connectivity index (χ3n) is 6.59. The summed E-state index contributed by atoms with van der Waals surface area (Å²) in [7, 11) is 7.61. The molecule has 2 heterocycles. The van der Waals surface area contributed by atoms with Gasteiger partial charge < -0.3 is 29.0 Å². The molecule has 0 saturated carbocycles. The molecule has 1 N–H and O–H groups in total. The second-order valence-electron chi connectivity index (χ2n) is 10.5. The van der Waals surface area contributed by atoms with E-state index in [1.165, 1.54) is 52.5 Å². The predicted molar refractivity (Wildman–Crippen MR) is 155 cm³/mol. The van der Waals surface area contributed by atoms with E-state index in [1.807, 2.05) is 0 Å². The van der Waals surface area contributed by atoms with Crippen LogP contribution in [-0.2, 0) is 34.3 Å². The van der Waals surface area contributed by atoms with E-state index in [2.05, 4.69) is 10.3 Å². The van der Waals surface area contributed by atoms with Crippen LogP contribution in [0.2, 0.25) is 0 Å². The number of pyridine rings is 1. The fourth-order valence-corrected chi connectivity index (χ4v) is 4.15. The zero-order valence-electron chi connectivity index (χ0n) is 24.9. The van der Waals surface area contributed by atoms with E-state index in [0.717, 1.165) is 17.0 Å². The van der Waals surface area contributed by atoms with Gasteiger partial charge in [0, 0.05) is 47.9 Å². The minimum atomic E-state index is -4.43. The minimum Gasteiger partial charge on any atom is -0.436 e. The minimum absolute atomic E-state index is 0.0245. The van der Waals surface area contributed by atoms with E-state index in [-0.39, 0.29) is 53.4 Å². The Labute approximate surface area is 250 Å². The fourth-order valence-electron chi connectivity index (χ4n) is 4.15. The van der Waals surface area contributed by atoms with E-state index in [1.54, 1.807) is 27.2 Å². The third-order valence-corrected chi connectivity index (χ3v) is 6.59. The number of amides is 3. The van der Waals surface area contributed by atoms with Crippen molar-refractivity contribution < 1.29 is 36.7 Å². The monoisotopic (exact) mass is 622 g/mol. The molecule has 11 nitrogen and oxygen atoms in total. The zero-order chi connectivity index (χ0) is 32.8.